The zero-order valence-electron chi connectivity index (χ0n) is 19.1. The molecular weight excluding hydrogens is 410 g/mol. The lowest BCUT2D eigenvalue weighted by molar-refractivity contribution is -0.132. The van der Waals surface area contributed by atoms with Crippen LogP contribution in [0, 0.1) is 5.92 Å². The van der Waals surface area contributed by atoms with Crippen molar-refractivity contribution >= 4 is 11.9 Å². The molecule has 0 saturated carbocycles. The molecule has 2 atom stereocenters. The first-order chi connectivity index (χ1) is 16.1. The minimum Gasteiger partial charge on any atom is -0.493 e. The number of carbonyl (C=O) groups is 1. The highest BCUT2D eigenvalue weighted by atomic mass is 16.5. The van der Waals surface area contributed by atoms with Crippen molar-refractivity contribution < 1.29 is 9.53 Å². The lowest BCUT2D eigenvalue weighted by atomic mass is 9.69. The predicted molar refractivity (Wildman–Crippen MR) is 131 cm³/mol. The molecular formula is C28H29N3O2. The standard InChI is InChI=1S/C28H29N3O2/c1-3-33-25-23(20-11-5-4-6-12-20)14-9-15-24(25)28(26(32)31(2)27(29)30-28)22-17-16-19-10-7-8-13-21(19)18-22/h4-15,22H,3,16-18H2,1-2H3,(H2,29,30). The van der Waals surface area contributed by atoms with E-state index in [1.165, 1.54) is 16.0 Å². The molecule has 1 heterocycles. The van der Waals surface area contributed by atoms with E-state index in [9.17, 15) is 4.79 Å². The molecule has 3 aromatic rings. The number of benzene rings is 3. The van der Waals surface area contributed by atoms with Crippen LogP contribution in [0.4, 0.5) is 0 Å². The van der Waals surface area contributed by atoms with E-state index in [1.54, 1.807) is 7.05 Å². The Kier molecular flexibility index (Phi) is 5.41. The molecule has 1 amide bonds. The van der Waals surface area contributed by atoms with Crippen LogP contribution in [0.25, 0.3) is 11.1 Å². The minimum atomic E-state index is -1.11. The molecule has 0 spiro atoms. The maximum atomic E-state index is 13.9. The Morgan fingerprint density at radius 2 is 1.76 bits per heavy atom. The average Bonchev–Trinajstić information content (AvgIpc) is 3.09. The Bertz CT molecular complexity index is 1220. The zero-order chi connectivity index (χ0) is 23.0. The van der Waals surface area contributed by atoms with Crippen LogP contribution in [0.2, 0.25) is 0 Å². The van der Waals surface area contributed by atoms with Crippen molar-refractivity contribution in [3.63, 3.8) is 0 Å². The van der Waals surface area contributed by atoms with Gasteiger partial charge in [-0.25, -0.2) is 4.99 Å². The van der Waals surface area contributed by atoms with Crippen LogP contribution >= 0.6 is 0 Å². The number of likely N-dealkylation sites (N-methyl/N-ethyl adjacent to an activating group) is 1. The lowest BCUT2D eigenvalue weighted by Crippen LogP contribution is -2.46. The van der Waals surface area contributed by atoms with Crippen LogP contribution < -0.4 is 10.5 Å². The van der Waals surface area contributed by atoms with Crippen LogP contribution in [-0.2, 0) is 23.2 Å². The molecule has 0 saturated heterocycles. The quantitative estimate of drug-likeness (QED) is 0.635. The summed E-state index contributed by atoms with van der Waals surface area (Å²) in [5, 5.41) is 0. The second-order valence-electron chi connectivity index (χ2n) is 8.79. The molecule has 5 nitrogen and oxygen atoms in total. The number of rotatable bonds is 5. The molecule has 5 rings (SSSR count). The Labute approximate surface area is 194 Å². The fourth-order valence-corrected chi connectivity index (χ4v) is 5.36. The molecule has 0 aromatic heterocycles. The average molecular weight is 440 g/mol. The van der Waals surface area contributed by atoms with Gasteiger partial charge in [-0.2, -0.15) is 0 Å². The normalized spacial score (nSPS) is 22.1. The third kappa shape index (κ3) is 3.39. The van der Waals surface area contributed by atoms with Gasteiger partial charge in [0.1, 0.15) is 5.75 Å². The fraction of sp³-hybridized carbons (Fsp3) is 0.286. The van der Waals surface area contributed by atoms with Crippen molar-refractivity contribution in [2.75, 3.05) is 13.7 Å². The number of hydrogen-bond acceptors (Lipinski definition) is 4. The predicted octanol–water partition coefficient (Wildman–Crippen LogP) is 4.54. The maximum absolute atomic E-state index is 13.9. The summed E-state index contributed by atoms with van der Waals surface area (Å²) in [5.74, 6) is 0.862. The van der Waals surface area contributed by atoms with Crippen molar-refractivity contribution in [2.24, 2.45) is 16.6 Å². The van der Waals surface area contributed by atoms with Crippen molar-refractivity contribution in [3.05, 3.63) is 89.5 Å². The largest absolute Gasteiger partial charge is 0.493 e. The molecule has 0 fully saturated rings. The van der Waals surface area contributed by atoms with E-state index in [0.29, 0.717) is 12.4 Å². The second-order valence-corrected chi connectivity index (χ2v) is 8.79. The van der Waals surface area contributed by atoms with Gasteiger partial charge in [-0.1, -0.05) is 72.8 Å². The maximum Gasteiger partial charge on any atom is 0.262 e. The summed E-state index contributed by atoms with van der Waals surface area (Å²) in [4.78, 5) is 20.3. The van der Waals surface area contributed by atoms with E-state index >= 15 is 0 Å². The van der Waals surface area contributed by atoms with E-state index in [1.807, 2.05) is 43.3 Å². The first-order valence-electron chi connectivity index (χ1n) is 11.6. The molecule has 2 N–H and O–H groups in total. The Morgan fingerprint density at radius 1 is 1.03 bits per heavy atom. The van der Waals surface area contributed by atoms with E-state index < -0.39 is 5.54 Å². The number of aliphatic imine (C=N–C) groups is 1. The summed E-state index contributed by atoms with van der Waals surface area (Å²) in [6, 6.07) is 24.7. The number of aryl methyl sites for hydroxylation is 1. The van der Waals surface area contributed by atoms with Gasteiger partial charge in [0.05, 0.1) is 6.61 Å². The number of ether oxygens (including phenoxy) is 1. The molecule has 2 aliphatic rings. The summed E-state index contributed by atoms with van der Waals surface area (Å²) in [7, 11) is 1.71. The van der Waals surface area contributed by atoms with Gasteiger partial charge in [-0.05, 0) is 42.9 Å². The first-order valence-corrected chi connectivity index (χ1v) is 11.6. The monoisotopic (exact) mass is 439 g/mol. The first kappa shape index (κ1) is 21.3. The minimum absolute atomic E-state index is 0.0198. The third-order valence-electron chi connectivity index (χ3n) is 7.00. The fourth-order valence-electron chi connectivity index (χ4n) is 5.36. The van der Waals surface area contributed by atoms with Crippen molar-refractivity contribution in [1.82, 2.24) is 4.90 Å². The SMILES string of the molecule is CCOc1c(-c2ccccc2)cccc1C1(C2CCc3ccccc3C2)N=C(N)N(C)C1=O. The lowest BCUT2D eigenvalue weighted by Gasteiger charge is -2.38. The van der Waals surface area contributed by atoms with Gasteiger partial charge in [-0.15, -0.1) is 0 Å². The Balaban J connectivity index is 1.72. The number of amides is 1. The van der Waals surface area contributed by atoms with Crippen LogP contribution in [0.5, 0.6) is 5.75 Å². The van der Waals surface area contributed by atoms with Gasteiger partial charge < -0.3 is 10.5 Å². The van der Waals surface area contributed by atoms with E-state index in [2.05, 4.69) is 36.4 Å². The van der Waals surface area contributed by atoms with Crippen LogP contribution in [-0.4, -0.2) is 30.4 Å². The number of nitrogens with two attached hydrogens (primary N) is 1. The topological polar surface area (TPSA) is 67.9 Å². The molecule has 2 unspecified atom stereocenters. The van der Waals surface area contributed by atoms with Crippen molar-refractivity contribution in [2.45, 2.75) is 31.7 Å². The van der Waals surface area contributed by atoms with Crippen molar-refractivity contribution in [3.8, 4) is 16.9 Å². The molecule has 3 aromatic carbocycles. The van der Waals surface area contributed by atoms with Crippen LogP contribution in [0.3, 0.4) is 0 Å². The summed E-state index contributed by atoms with van der Waals surface area (Å²) in [5.41, 5.74) is 10.6. The number of para-hydroxylation sites is 1. The highest BCUT2D eigenvalue weighted by Crippen LogP contribution is 2.50. The number of fused-ring (bicyclic) bond motifs is 1. The Morgan fingerprint density at radius 3 is 2.45 bits per heavy atom. The molecule has 1 aliphatic heterocycles. The number of hydrogen-bond donors (Lipinski definition) is 1. The summed E-state index contributed by atoms with van der Waals surface area (Å²) in [6.45, 7) is 2.46. The molecule has 5 heteroatoms. The van der Waals surface area contributed by atoms with Crippen molar-refractivity contribution in [1.29, 1.82) is 0 Å². The molecule has 33 heavy (non-hydrogen) atoms. The Hall–Kier alpha value is -3.60. The van der Waals surface area contributed by atoms with Gasteiger partial charge in [0.2, 0.25) is 0 Å². The van der Waals surface area contributed by atoms with Gasteiger partial charge in [0, 0.05) is 24.1 Å². The van der Waals surface area contributed by atoms with Gasteiger partial charge in [0.15, 0.2) is 11.5 Å². The van der Waals surface area contributed by atoms with Gasteiger partial charge in [-0.3, -0.25) is 9.69 Å². The molecule has 0 bridgehead atoms. The summed E-state index contributed by atoms with van der Waals surface area (Å²) in [6.07, 6.45) is 2.54. The third-order valence-corrected chi connectivity index (χ3v) is 7.00. The van der Waals surface area contributed by atoms with E-state index in [4.69, 9.17) is 15.5 Å². The number of nitrogens with zero attached hydrogens (tertiary/aromatic N) is 2. The smallest absolute Gasteiger partial charge is 0.262 e. The zero-order valence-corrected chi connectivity index (χ0v) is 19.1. The van der Waals surface area contributed by atoms with E-state index in [-0.39, 0.29) is 17.8 Å². The second kappa shape index (κ2) is 8.39. The number of carbonyl (C=O) groups excluding carboxylic acids is 1. The van der Waals surface area contributed by atoms with Gasteiger partial charge >= 0.3 is 0 Å². The number of guanidine groups is 1. The molecule has 168 valence electrons. The highest BCUT2D eigenvalue weighted by molar-refractivity contribution is 6.07. The van der Waals surface area contributed by atoms with Gasteiger partial charge in [0.25, 0.3) is 5.91 Å². The highest BCUT2D eigenvalue weighted by Gasteiger charge is 2.55. The summed E-state index contributed by atoms with van der Waals surface area (Å²) >= 11 is 0. The molecule has 1 aliphatic carbocycles. The van der Waals surface area contributed by atoms with Crippen LogP contribution in [0.1, 0.15) is 30.0 Å². The van der Waals surface area contributed by atoms with E-state index in [0.717, 1.165) is 36.0 Å². The summed E-state index contributed by atoms with van der Waals surface area (Å²) < 4.78 is 6.26. The molecule has 0 radical (unpaired) electrons. The van der Waals surface area contributed by atoms with Crippen LogP contribution in [0.15, 0.2) is 77.8 Å².